The molecular formula is C22H22N4O5S2. The van der Waals surface area contributed by atoms with Crippen LogP contribution in [0, 0.1) is 24.0 Å². The molecule has 0 radical (unpaired) electrons. The molecule has 33 heavy (non-hydrogen) atoms. The van der Waals surface area contributed by atoms with Gasteiger partial charge in [-0.2, -0.15) is 11.3 Å². The van der Waals surface area contributed by atoms with Crippen molar-refractivity contribution in [2.45, 2.75) is 19.9 Å². The molecule has 0 saturated carbocycles. The molecule has 0 bridgehead atoms. The molecule has 0 aliphatic carbocycles. The number of hydrogen-bond acceptors (Lipinski definition) is 7. The molecule has 3 rings (SSSR count). The highest BCUT2D eigenvalue weighted by Crippen LogP contribution is 2.32. The van der Waals surface area contributed by atoms with Gasteiger partial charge in [-0.3, -0.25) is 19.2 Å². The molecule has 11 heteroatoms. The number of nitro groups is 1. The van der Waals surface area contributed by atoms with E-state index >= 15 is 0 Å². The Morgan fingerprint density at radius 2 is 1.82 bits per heavy atom. The number of non-ortho nitro benzene ring substituents is 1. The van der Waals surface area contributed by atoms with Gasteiger partial charge in [-0.05, 0) is 65.6 Å². The van der Waals surface area contributed by atoms with Gasteiger partial charge in [0.05, 0.1) is 17.7 Å². The number of ether oxygens (including phenoxy) is 1. The second-order valence-corrected chi connectivity index (χ2v) is 8.45. The maximum atomic E-state index is 13.2. The first-order valence-electron chi connectivity index (χ1n) is 9.72. The van der Waals surface area contributed by atoms with E-state index in [1.165, 1.54) is 36.6 Å². The average Bonchev–Trinajstić information content (AvgIpc) is 3.27. The number of urea groups is 1. The number of thiol groups is 1. The fourth-order valence-corrected chi connectivity index (χ4v) is 4.26. The normalized spacial score (nSPS) is 11.4. The third-order valence-corrected chi connectivity index (χ3v) is 5.80. The Hall–Kier alpha value is -3.57. The number of carbonyl (C=O) groups is 2. The zero-order chi connectivity index (χ0) is 24.1. The van der Waals surface area contributed by atoms with E-state index in [0.29, 0.717) is 11.3 Å². The lowest BCUT2D eigenvalue weighted by atomic mass is 10.1. The van der Waals surface area contributed by atoms with Crippen molar-refractivity contribution in [1.82, 2.24) is 4.31 Å². The zero-order valence-corrected chi connectivity index (χ0v) is 19.8. The van der Waals surface area contributed by atoms with Crippen molar-refractivity contribution in [3.05, 3.63) is 80.0 Å². The van der Waals surface area contributed by atoms with Gasteiger partial charge >= 0.3 is 6.03 Å². The molecule has 1 heterocycles. The summed E-state index contributed by atoms with van der Waals surface area (Å²) in [5.74, 6) is -0.239. The number of anilines is 2. The van der Waals surface area contributed by atoms with E-state index in [-0.39, 0.29) is 17.1 Å². The maximum absolute atomic E-state index is 13.2. The van der Waals surface area contributed by atoms with Crippen molar-refractivity contribution in [3.8, 4) is 5.75 Å². The van der Waals surface area contributed by atoms with Gasteiger partial charge in [0.1, 0.15) is 11.8 Å². The quantitative estimate of drug-likeness (QED) is 0.237. The van der Waals surface area contributed by atoms with Crippen molar-refractivity contribution in [1.29, 1.82) is 0 Å². The summed E-state index contributed by atoms with van der Waals surface area (Å²) in [6.45, 7) is 3.84. The van der Waals surface area contributed by atoms with Crippen LogP contribution in [0.3, 0.4) is 0 Å². The first-order chi connectivity index (χ1) is 15.7. The molecule has 0 spiro atoms. The number of rotatable bonds is 7. The van der Waals surface area contributed by atoms with Crippen molar-refractivity contribution >= 4 is 53.2 Å². The molecule has 0 aliphatic heterocycles. The zero-order valence-electron chi connectivity index (χ0n) is 18.1. The average molecular weight is 487 g/mol. The van der Waals surface area contributed by atoms with E-state index < -0.39 is 22.9 Å². The minimum atomic E-state index is -1.06. The van der Waals surface area contributed by atoms with Crippen LogP contribution in [0.1, 0.15) is 22.7 Å². The smallest absolute Gasteiger partial charge is 0.332 e. The summed E-state index contributed by atoms with van der Waals surface area (Å²) < 4.78 is 6.13. The Morgan fingerprint density at radius 1 is 1.12 bits per heavy atom. The minimum absolute atomic E-state index is 0.0783. The molecule has 0 aliphatic rings. The van der Waals surface area contributed by atoms with Gasteiger partial charge in [0, 0.05) is 17.8 Å². The Morgan fingerprint density at radius 3 is 2.39 bits per heavy atom. The Bertz CT molecular complexity index is 1160. The monoisotopic (exact) mass is 486 g/mol. The van der Waals surface area contributed by atoms with E-state index in [0.717, 1.165) is 15.4 Å². The molecule has 0 fully saturated rings. The number of nitro benzene ring substituents is 1. The fraction of sp³-hybridized carbons (Fsp3) is 0.182. The molecule has 2 N–H and O–H groups in total. The second-order valence-electron chi connectivity index (χ2n) is 7.24. The number of thiophene rings is 1. The van der Waals surface area contributed by atoms with Crippen molar-refractivity contribution in [3.63, 3.8) is 0 Å². The lowest BCUT2D eigenvalue weighted by Crippen LogP contribution is -2.37. The number of nitrogens with zero attached hydrogens (tertiary/aromatic N) is 2. The van der Waals surface area contributed by atoms with Gasteiger partial charge in [0.25, 0.3) is 11.6 Å². The number of aryl methyl sites for hydroxylation is 2. The summed E-state index contributed by atoms with van der Waals surface area (Å²) in [6.07, 6.45) is 0. The largest absolute Gasteiger partial charge is 0.495 e. The van der Waals surface area contributed by atoms with Crippen molar-refractivity contribution in [2.75, 3.05) is 17.7 Å². The number of amides is 3. The van der Waals surface area contributed by atoms with Crippen LogP contribution in [0.15, 0.2) is 53.2 Å². The van der Waals surface area contributed by atoms with E-state index in [2.05, 4.69) is 23.4 Å². The molecule has 2 aromatic carbocycles. The molecule has 172 valence electrons. The Labute approximate surface area is 200 Å². The highest BCUT2D eigenvalue weighted by molar-refractivity contribution is 7.78. The molecule has 0 saturated heterocycles. The van der Waals surface area contributed by atoms with Crippen LogP contribution in [-0.4, -0.2) is 28.3 Å². The summed E-state index contributed by atoms with van der Waals surface area (Å²) in [5.41, 5.74) is 2.98. The lowest BCUT2D eigenvalue weighted by molar-refractivity contribution is -0.384. The maximum Gasteiger partial charge on any atom is 0.332 e. The number of benzene rings is 2. The molecule has 1 unspecified atom stereocenters. The number of methoxy groups -OCH3 is 1. The lowest BCUT2D eigenvalue weighted by Gasteiger charge is -2.26. The van der Waals surface area contributed by atoms with Crippen LogP contribution in [0.25, 0.3) is 0 Å². The highest BCUT2D eigenvalue weighted by Gasteiger charge is 2.31. The molecular weight excluding hydrogens is 464 g/mol. The first kappa shape index (κ1) is 24.1. The number of carbonyl (C=O) groups excluding carboxylic acids is 2. The summed E-state index contributed by atoms with van der Waals surface area (Å²) in [7, 11) is 1.38. The van der Waals surface area contributed by atoms with Crippen LogP contribution in [-0.2, 0) is 4.79 Å². The summed E-state index contributed by atoms with van der Waals surface area (Å²) in [4.78, 5) is 36.7. The summed E-state index contributed by atoms with van der Waals surface area (Å²) >= 11 is 5.68. The van der Waals surface area contributed by atoms with E-state index in [9.17, 15) is 19.7 Å². The third-order valence-electron chi connectivity index (χ3n) is 4.68. The first-order valence-corrected chi connectivity index (χ1v) is 11.1. The van der Waals surface area contributed by atoms with Gasteiger partial charge in [-0.25, -0.2) is 4.79 Å². The standard InChI is InChI=1S/C22H22N4O5S2/c1-13-8-14(2)10-16(9-13)23-21(27)20(15-6-7-33-12-15)25(32)22(28)24-18-11-17(26(29)30)4-5-19(18)31-3/h4-12,20,32H,1-3H3,(H,23,27)(H,24,28). The molecule has 9 nitrogen and oxygen atoms in total. The summed E-state index contributed by atoms with van der Waals surface area (Å²) in [5, 5.41) is 20.0. The molecule has 3 aromatic rings. The minimum Gasteiger partial charge on any atom is -0.495 e. The molecule has 3 amide bonds. The van der Waals surface area contributed by atoms with Crippen LogP contribution in [0.4, 0.5) is 21.9 Å². The number of hydrogen-bond donors (Lipinski definition) is 3. The molecule has 1 aromatic heterocycles. The Balaban J connectivity index is 1.87. The Kier molecular flexibility index (Phi) is 7.56. The van der Waals surface area contributed by atoms with Crippen LogP contribution < -0.4 is 15.4 Å². The fourth-order valence-electron chi connectivity index (χ4n) is 3.29. The predicted octanol–water partition coefficient (Wildman–Crippen LogP) is 5.34. The second kappa shape index (κ2) is 10.4. The predicted molar refractivity (Wildman–Crippen MR) is 131 cm³/mol. The van der Waals surface area contributed by atoms with E-state index in [1.54, 1.807) is 16.8 Å². The van der Waals surface area contributed by atoms with Crippen molar-refractivity contribution < 1.29 is 19.2 Å². The number of nitrogens with one attached hydrogen (secondary N) is 2. The van der Waals surface area contributed by atoms with E-state index in [1.807, 2.05) is 32.0 Å². The van der Waals surface area contributed by atoms with Gasteiger partial charge in [-0.15, -0.1) is 0 Å². The van der Waals surface area contributed by atoms with Crippen LogP contribution >= 0.6 is 24.2 Å². The highest BCUT2D eigenvalue weighted by atomic mass is 32.1. The SMILES string of the molecule is COc1ccc([N+](=O)[O-])cc1NC(=O)N(S)C(C(=O)Nc1cc(C)cc(C)c1)c1ccsc1. The summed E-state index contributed by atoms with van der Waals surface area (Å²) in [6, 6.07) is 9.34. The molecule has 1 atom stereocenters. The van der Waals surface area contributed by atoms with Crippen LogP contribution in [0.2, 0.25) is 0 Å². The third kappa shape index (κ3) is 5.82. The van der Waals surface area contributed by atoms with Gasteiger partial charge < -0.3 is 15.4 Å². The van der Waals surface area contributed by atoms with Gasteiger partial charge in [-0.1, -0.05) is 18.9 Å². The van der Waals surface area contributed by atoms with Crippen molar-refractivity contribution in [2.24, 2.45) is 0 Å². The van der Waals surface area contributed by atoms with Crippen LogP contribution in [0.5, 0.6) is 5.75 Å². The van der Waals surface area contributed by atoms with E-state index in [4.69, 9.17) is 4.74 Å². The van der Waals surface area contributed by atoms with Gasteiger partial charge in [0.15, 0.2) is 0 Å². The topological polar surface area (TPSA) is 114 Å². The van der Waals surface area contributed by atoms with Gasteiger partial charge in [0.2, 0.25) is 0 Å².